The number of anilines is 3. The number of halogens is 1. The highest BCUT2D eigenvalue weighted by Gasteiger charge is 2.21. The third kappa shape index (κ3) is 5.40. The monoisotopic (exact) mass is 568 g/mol. The molecule has 6 rings (SSSR count). The maximum absolute atomic E-state index is 15.6. The minimum atomic E-state index is -0.478. The Bertz CT molecular complexity index is 1810. The average Bonchev–Trinajstić information content (AvgIpc) is 3.21. The van der Waals surface area contributed by atoms with E-state index in [0.717, 1.165) is 31.3 Å². The Hall–Kier alpha value is -5.20. The summed E-state index contributed by atoms with van der Waals surface area (Å²) in [5, 5.41) is 14.2. The van der Waals surface area contributed by atoms with Crippen molar-refractivity contribution in [2.75, 3.05) is 23.3 Å². The van der Waals surface area contributed by atoms with Gasteiger partial charge in [0.1, 0.15) is 34.4 Å². The first-order valence-electron chi connectivity index (χ1n) is 13.6. The molecule has 13 heteroatoms. The summed E-state index contributed by atoms with van der Waals surface area (Å²) in [6.07, 6.45) is 6.78. The van der Waals surface area contributed by atoms with Gasteiger partial charge in [0.2, 0.25) is 11.9 Å². The summed E-state index contributed by atoms with van der Waals surface area (Å²) < 4.78 is 23.2. The van der Waals surface area contributed by atoms with Crippen LogP contribution in [0.1, 0.15) is 24.8 Å². The van der Waals surface area contributed by atoms with Gasteiger partial charge in [-0.2, -0.15) is 0 Å². The van der Waals surface area contributed by atoms with Crippen LogP contribution < -0.4 is 20.3 Å². The summed E-state index contributed by atoms with van der Waals surface area (Å²) in [5.74, 6) is 1.14. The van der Waals surface area contributed by atoms with E-state index < -0.39 is 5.82 Å². The van der Waals surface area contributed by atoms with Gasteiger partial charge in [0.15, 0.2) is 11.6 Å². The topological polar surface area (TPSA) is 136 Å². The number of hydrogen-bond donors (Lipinski definition) is 2. The van der Waals surface area contributed by atoms with Gasteiger partial charge in [0, 0.05) is 37.8 Å². The molecule has 1 fully saturated rings. The smallest absolute Gasteiger partial charge is 0.243 e. The normalized spacial score (nSPS) is 15.4. The Balaban J connectivity index is 1.22. The van der Waals surface area contributed by atoms with Crippen LogP contribution in [0.4, 0.5) is 21.8 Å². The standard InChI is InChI=1S/C29H29FN10O2/c1-4-25(41)34-18-6-5-12-40(13-11-18)29-31-15-22-27(36-29)28(33-16-32-22)35-20-8-10-24(17(2)26(20)30)42-19-7-9-23-21(14-19)37-38-39(23)3/h4,7-10,14-16,18H,1,5-6,11-13H2,2-3H3,(H,34,41)(H,32,33,35)/t18-/m0/s1. The molecule has 1 aliphatic rings. The van der Waals surface area contributed by atoms with Crippen LogP contribution in [-0.4, -0.2) is 60.0 Å². The van der Waals surface area contributed by atoms with Gasteiger partial charge in [-0.05, 0) is 56.5 Å². The Labute approximate surface area is 240 Å². The summed E-state index contributed by atoms with van der Waals surface area (Å²) in [6.45, 7) is 6.58. The molecule has 2 aromatic carbocycles. The molecular weight excluding hydrogens is 539 g/mol. The van der Waals surface area contributed by atoms with Crippen LogP contribution in [-0.2, 0) is 11.8 Å². The van der Waals surface area contributed by atoms with E-state index in [1.807, 2.05) is 13.1 Å². The first-order valence-corrected chi connectivity index (χ1v) is 13.6. The predicted molar refractivity (Wildman–Crippen MR) is 156 cm³/mol. The van der Waals surface area contributed by atoms with Gasteiger partial charge in [0.25, 0.3) is 0 Å². The zero-order valence-electron chi connectivity index (χ0n) is 23.2. The van der Waals surface area contributed by atoms with Gasteiger partial charge in [0.05, 0.1) is 17.4 Å². The number of aromatic nitrogens is 7. The van der Waals surface area contributed by atoms with E-state index in [0.29, 0.717) is 51.9 Å². The second kappa shape index (κ2) is 11.4. The van der Waals surface area contributed by atoms with E-state index in [9.17, 15) is 4.79 Å². The van der Waals surface area contributed by atoms with Crippen LogP contribution in [0.3, 0.4) is 0 Å². The quantitative estimate of drug-likeness (QED) is 0.273. The van der Waals surface area contributed by atoms with Crippen molar-refractivity contribution in [3.05, 3.63) is 66.9 Å². The second-order valence-corrected chi connectivity index (χ2v) is 10.1. The summed E-state index contributed by atoms with van der Waals surface area (Å²) in [6, 6.07) is 8.77. The fraction of sp³-hybridized carbons (Fsp3) is 0.276. The lowest BCUT2D eigenvalue weighted by atomic mass is 10.1. The molecule has 214 valence electrons. The van der Waals surface area contributed by atoms with E-state index in [1.165, 1.54) is 12.4 Å². The zero-order chi connectivity index (χ0) is 29.2. The van der Waals surface area contributed by atoms with Crippen molar-refractivity contribution in [2.45, 2.75) is 32.2 Å². The number of aryl methyl sites for hydroxylation is 1. The zero-order valence-corrected chi connectivity index (χ0v) is 23.2. The fourth-order valence-corrected chi connectivity index (χ4v) is 5.00. The van der Waals surface area contributed by atoms with Gasteiger partial charge in [-0.25, -0.2) is 29.0 Å². The highest BCUT2D eigenvalue weighted by molar-refractivity contribution is 5.88. The van der Waals surface area contributed by atoms with Crippen molar-refractivity contribution in [1.29, 1.82) is 0 Å². The first-order chi connectivity index (χ1) is 20.4. The highest BCUT2D eigenvalue weighted by Crippen LogP contribution is 2.33. The van der Waals surface area contributed by atoms with Crippen LogP contribution in [0.2, 0.25) is 0 Å². The Morgan fingerprint density at radius 1 is 1.14 bits per heavy atom. The van der Waals surface area contributed by atoms with Crippen LogP contribution in [0.25, 0.3) is 22.1 Å². The van der Waals surface area contributed by atoms with Crippen LogP contribution in [0, 0.1) is 12.7 Å². The summed E-state index contributed by atoms with van der Waals surface area (Å²) in [4.78, 5) is 31.7. The second-order valence-electron chi connectivity index (χ2n) is 10.1. The number of benzene rings is 2. The number of fused-ring (bicyclic) bond motifs is 2. The molecule has 0 bridgehead atoms. The van der Waals surface area contributed by atoms with Crippen molar-refractivity contribution >= 4 is 45.4 Å². The summed E-state index contributed by atoms with van der Waals surface area (Å²) in [7, 11) is 1.81. The maximum atomic E-state index is 15.6. The molecule has 0 saturated carbocycles. The number of carbonyl (C=O) groups is 1. The Morgan fingerprint density at radius 3 is 2.88 bits per heavy atom. The molecule has 5 aromatic rings. The number of carbonyl (C=O) groups excluding carboxylic acids is 1. The van der Waals surface area contributed by atoms with Gasteiger partial charge >= 0.3 is 0 Å². The number of nitrogens with one attached hydrogen (secondary N) is 2. The molecule has 1 amide bonds. The number of nitrogens with zero attached hydrogens (tertiary/aromatic N) is 8. The van der Waals surface area contributed by atoms with E-state index in [1.54, 1.807) is 42.1 Å². The molecule has 2 N–H and O–H groups in total. The minimum Gasteiger partial charge on any atom is -0.457 e. The molecule has 1 saturated heterocycles. The van der Waals surface area contributed by atoms with Crippen molar-refractivity contribution in [1.82, 2.24) is 40.2 Å². The van der Waals surface area contributed by atoms with Gasteiger partial charge < -0.3 is 20.3 Å². The molecule has 0 radical (unpaired) electrons. The van der Waals surface area contributed by atoms with E-state index in [4.69, 9.17) is 9.72 Å². The first kappa shape index (κ1) is 27.0. The molecule has 3 aromatic heterocycles. The summed E-state index contributed by atoms with van der Waals surface area (Å²) in [5.41, 5.74) is 3.10. The highest BCUT2D eigenvalue weighted by atomic mass is 19.1. The van der Waals surface area contributed by atoms with Gasteiger partial charge in [-0.15, -0.1) is 5.10 Å². The van der Waals surface area contributed by atoms with E-state index in [2.05, 4.69) is 47.4 Å². The molecular formula is C29H29FN10O2. The molecule has 0 spiro atoms. The average molecular weight is 569 g/mol. The molecule has 12 nitrogen and oxygen atoms in total. The number of rotatable bonds is 7. The van der Waals surface area contributed by atoms with Crippen molar-refractivity contribution < 1.29 is 13.9 Å². The lowest BCUT2D eigenvalue weighted by molar-refractivity contribution is -0.117. The lowest BCUT2D eigenvalue weighted by Crippen LogP contribution is -2.34. The Morgan fingerprint density at radius 2 is 2.02 bits per heavy atom. The summed E-state index contributed by atoms with van der Waals surface area (Å²) >= 11 is 0. The lowest BCUT2D eigenvalue weighted by Gasteiger charge is -2.21. The molecule has 42 heavy (non-hydrogen) atoms. The SMILES string of the molecule is C=CC(=O)N[C@H]1CCCN(c2ncc3ncnc(Nc4ccc(Oc5ccc6c(c5)nnn6C)c(C)c4F)c3n2)CC1. The minimum absolute atomic E-state index is 0.0644. The van der Waals surface area contributed by atoms with E-state index in [-0.39, 0.29) is 17.6 Å². The molecule has 0 unspecified atom stereocenters. The van der Waals surface area contributed by atoms with Crippen LogP contribution in [0.15, 0.2) is 55.5 Å². The predicted octanol–water partition coefficient (Wildman–Crippen LogP) is 4.35. The number of hydrogen-bond acceptors (Lipinski definition) is 10. The Kier molecular flexibility index (Phi) is 7.30. The molecule has 4 heterocycles. The maximum Gasteiger partial charge on any atom is 0.243 e. The molecule has 0 aliphatic carbocycles. The van der Waals surface area contributed by atoms with Gasteiger partial charge in [-0.1, -0.05) is 11.8 Å². The van der Waals surface area contributed by atoms with Gasteiger partial charge in [-0.3, -0.25) is 4.79 Å². The number of ether oxygens (including phenoxy) is 1. The largest absolute Gasteiger partial charge is 0.457 e. The van der Waals surface area contributed by atoms with Crippen LogP contribution >= 0.6 is 0 Å². The third-order valence-corrected chi connectivity index (χ3v) is 7.31. The van der Waals surface area contributed by atoms with E-state index >= 15 is 4.39 Å². The molecule has 1 aliphatic heterocycles. The van der Waals surface area contributed by atoms with Crippen LogP contribution in [0.5, 0.6) is 11.5 Å². The van der Waals surface area contributed by atoms with Crippen molar-refractivity contribution in [3.8, 4) is 11.5 Å². The van der Waals surface area contributed by atoms with Crippen molar-refractivity contribution in [2.24, 2.45) is 7.05 Å². The third-order valence-electron chi connectivity index (χ3n) is 7.31. The van der Waals surface area contributed by atoms with Crippen molar-refractivity contribution in [3.63, 3.8) is 0 Å². The molecule has 1 atom stereocenters. The number of amides is 1. The fourth-order valence-electron chi connectivity index (χ4n) is 5.00.